The Bertz CT molecular complexity index is 295. The normalized spacial score (nSPS) is 24.1. The highest BCUT2D eigenvalue weighted by Crippen LogP contribution is 2.32. The van der Waals surface area contributed by atoms with Gasteiger partial charge in [0.1, 0.15) is 6.04 Å². The zero-order valence-electron chi connectivity index (χ0n) is 10.4. The lowest BCUT2D eigenvalue weighted by Gasteiger charge is -2.27. The lowest BCUT2D eigenvalue weighted by molar-refractivity contribution is -0.141. The van der Waals surface area contributed by atoms with Crippen LogP contribution in [0.1, 0.15) is 33.6 Å². The summed E-state index contributed by atoms with van der Waals surface area (Å²) in [4.78, 5) is 24.3. The van der Waals surface area contributed by atoms with Crippen LogP contribution in [-0.2, 0) is 9.53 Å². The molecule has 0 spiro atoms. The van der Waals surface area contributed by atoms with E-state index in [0.717, 1.165) is 12.8 Å². The van der Waals surface area contributed by atoms with E-state index in [-0.39, 0.29) is 11.5 Å². The maximum absolute atomic E-state index is 11.9. The summed E-state index contributed by atoms with van der Waals surface area (Å²) >= 11 is 1.51. The van der Waals surface area contributed by atoms with Crippen LogP contribution in [0.3, 0.4) is 0 Å². The van der Waals surface area contributed by atoms with Gasteiger partial charge in [-0.2, -0.15) is 0 Å². The van der Waals surface area contributed by atoms with Gasteiger partial charge in [-0.05, 0) is 20.3 Å². The molecule has 0 saturated carbocycles. The minimum absolute atomic E-state index is 0.0765. The number of rotatable bonds is 4. The van der Waals surface area contributed by atoms with Crippen molar-refractivity contribution >= 4 is 23.8 Å². The minimum Gasteiger partial charge on any atom is -0.480 e. The summed E-state index contributed by atoms with van der Waals surface area (Å²) in [7, 11) is 0. The first-order valence-corrected chi connectivity index (χ1v) is 6.85. The fraction of sp³-hybridized carbons (Fsp3) is 0.818. The zero-order chi connectivity index (χ0) is 13.0. The summed E-state index contributed by atoms with van der Waals surface area (Å²) < 4.78 is 5.10. The molecule has 1 heterocycles. The van der Waals surface area contributed by atoms with E-state index in [0.29, 0.717) is 5.75 Å². The van der Waals surface area contributed by atoms with E-state index < -0.39 is 18.1 Å². The average molecular weight is 261 g/mol. The highest BCUT2D eigenvalue weighted by Gasteiger charge is 2.42. The van der Waals surface area contributed by atoms with Crippen LogP contribution in [0.2, 0.25) is 0 Å². The Kier molecular flexibility index (Phi) is 5.11. The first-order chi connectivity index (χ1) is 7.97. The molecule has 2 atom stereocenters. The number of amides is 1. The molecule has 2 unspecified atom stereocenters. The Morgan fingerprint density at radius 1 is 1.53 bits per heavy atom. The molecule has 1 aliphatic rings. The smallest absolute Gasteiger partial charge is 0.411 e. The monoisotopic (exact) mass is 261 g/mol. The second-order valence-electron chi connectivity index (χ2n) is 4.27. The second kappa shape index (κ2) is 6.14. The number of carbonyl (C=O) groups excluding carboxylic acids is 1. The van der Waals surface area contributed by atoms with Crippen molar-refractivity contribution in [3.63, 3.8) is 0 Å². The number of carboxylic acids is 1. The van der Waals surface area contributed by atoms with Gasteiger partial charge < -0.3 is 9.84 Å². The molecule has 5 nitrogen and oxygen atoms in total. The standard InChI is InChI=1S/C11H19NO4S/c1-4-5-9-12(11(15)16-7(2)3)8(6-17-9)10(13)14/h7-9H,4-6H2,1-3H3,(H,13,14). The van der Waals surface area contributed by atoms with Crippen molar-refractivity contribution in [1.82, 2.24) is 4.90 Å². The van der Waals surface area contributed by atoms with Gasteiger partial charge in [0.2, 0.25) is 0 Å². The van der Waals surface area contributed by atoms with Crippen LogP contribution in [0.15, 0.2) is 0 Å². The van der Waals surface area contributed by atoms with E-state index in [9.17, 15) is 9.59 Å². The molecular weight excluding hydrogens is 242 g/mol. The number of nitrogens with zero attached hydrogens (tertiary/aromatic N) is 1. The molecule has 1 aliphatic heterocycles. The van der Waals surface area contributed by atoms with Gasteiger partial charge in [-0.1, -0.05) is 13.3 Å². The first kappa shape index (κ1) is 14.2. The van der Waals surface area contributed by atoms with Crippen LogP contribution in [0, 0.1) is 0 Å². The third-order valence-corrected chi connectivity index (χ3v) is 3.82. The van der Waals surface area contributed by atoms with Crippen LogP contribution in [0.25, 0.3) is 0 Å². The maximum atomic E-state index is 11.9. The first-order valence-electron chi connectivity index (χ1n) is 5.80. The summed E-state index contributed by atoms with van der Waals surface area (Å²) in [5, 5.41) is 9.01. The van der Waals surface area contributed by atoms with Gasteiger partial charge in [-0.25, -0.2) is 9.59 Å². The van der Waals surface area contributed by atoms with E-state index in [1.54, 1.807) is 13.8 Å². The van der Waals surface area contributed by atoms with Crippen molar-refractivity contribution in [3.05, 3.63) is 0 Å². The highest BCUT2D eigenvalue weighted by molar-refractivity contribution is 8.00. The van der Waals surface area contributed by atoms with Gasteiger partial charge in [-0.3, -0.25) is 4.90 Å². The number of carbonyl (C=O) groups is 2. The molecule has 0 radical (unpaired) electrons. The molecule has 0 bridgehead atoms. The van der Waals surface area contributed by atoms with Crippen LogP contribution in [0.5, 0.6) is 0 Å². The lowest BCUT2D eigenvalue weighted by atomic mass is 10.2. The molecule has 1 amide bonds. The van der Waals surface area contributed by atoms with Crippen LogP contribution >= 0.6 is 11.8 Å². The molecule has 0 aromatic carbocycles. The predicted octanol–water partition coefficient (Wildman–Crippen LogP) is 2.16. The van der Waals surface area contributed by atoms with E-state index in [1.165, 1.54) is 16.7 Å². The van der Waals surface area contributed by atoms with Gasteiger partial charge >= 0.3 is 12.1 Å². The number of hydrogen-bond acceptors (Lipinski definition) is 4. The molecule has 1 rings (SSSR count). The van der Waals surface area contributed by atoms with Crippen molar-refractivity contribution in [2.24, 2.45) is 0 Å². The molecule has 0 aliphatic carbocycles. The van der Waals surface area contributed by atoms with Gasteiger partial charge in [-0.15, -0.1) is 11.8 Å². The van der Waals surface area contributed by atoms with Crippen molar-refractivity contribution in [3.8, 4) is 0 Å². The van der Waals surface area contributed by atoms with E-state index in [1.807, 2.05) is 6.92 Å². The minimum atomic E-state index is -0.961. The van der Waals surface area contributed by atoms with Crippen LogP contribution in [-0.4, -0.2) is 45.3 Å². The summed E-state index contributed by atoms with van der Waals surface area (Å²) in [6, 6.07) is -0.761. The Morgan fingerprint density at radius 3 is 2.65 bits per heavy atom. The molecule has 1 fully saturated rings. The predicted molar refractivity (Wildman–Crippen MR) is 66.0 cm³/mol. The number of aliphatic carboxylic acids is 1. The molecule has 98 valence electrons. The SMILES string of the molecule is CCCC1SCC(C(=O)O)N1C(=O)OC(C)C. The highest BCUT2D eigenvalue weighted by atomic mass is 32.2. The lowest BCUT2D eigenvalue weighted by Crippen LogP contribution is -2.46. The molecular formula is C11H19NO4S. The van der Waals surface area contributed by atoms with Crippen molar-refractivity contribution in [1.29, 1.82) is 0 Å². The number of thioether (sulfide) groups is 1. The van der Waals surface area contributed by atoms with E-state index >= 15 is 0 Å². The van der Waals surface area contributed by atoms with E-state index in [2.05, 4.69) is 0 Å². The number of carboxylic acid groups (broad SMARTS) is 1. The average Bonchev–Trinajstić information content (AvgIpc) is 2.61. The second-order valence-corrected chi connectivity index (χ2v) is 5.48. The van der Waals surface area contributed by atoms with Gasteiger partial charge in [0.15, 0.2) is 0 Å². The summed E-state index contributed by atoms with van der Waals surface area (Å²) in [6.45, 7) is 5.53. The summed E-state index contributed by atoms with van der Waals surface area (Å²) in [6.07, 6.45) is 0.956. The summed E-state index contributed by atoms with van der Waals surface area (Å²) in [5.41, 5.74) is 0. The molecule has 17 heavy (non-hydrogen) atoms. The Balaban J connectivity index is 2.77. The van der Waals surface area contributed by atoms with Gasteiger partial charge in [0.25, 0.3) is 0 Å². The van der Waals surface area contributed by atoms with Crippen molar-refractivity contribution in [2.75, 3.05) is 5.75 Å². The van der Waals surface area contributed by atoms with Crippen molar-refractivity contribution < 1.29 is 19.4 Å². The topological polar surface area (TPSA) is 66.8 Å². The van der Waals surface area contributed by atoms with Gasteiger partial charge in [0, 0.05) is 5.75 Å². The van der Waals surface area contributed by atoms with Crippen molar-refractivity contribution in [2.45, 2.75) is 51.1 Å². The Morgan fingerprint density at radius 2 is 2.18 bits per heavy atom. The molecule has 1 saturated heterocycles. The molecule has 0 aromatic rings. The largest absolute Gasteiger partial charge is 0.480 e. The van der Waals surface area contributed by atoms with Crippen LogP contribution < -0.4 is 0 Å². The summed E-state index contributed by atoms with van der Waals surface area (Å²) in [5.74, 6) is -0.524. The fourth-order valence-corrected chi connectivity index (χ4v) is 3.23. The number of ether oxygens (including phenoxy) is 1. The fourth-order valence-electron chi connectivity index (χ4n) is 1.73. The van der Waals surface area contributed by atoms with Crippen LogP contribution in [0.4, 0.5) is 4.79 Å². The third kappa shape index (κ3) is 3.52. The van der Waals surface area contributed by atoms with Gasteiger partial charge in [0.05, 0.1) is 11.5 Å². The molecule has 0 aromatic heterocycles. The number of hydrogen-bond donors (Lipinski definition) is 1. The molecule has 1 N–H and O–H groups in total. The Hall–Kier alpha value is -0.910. The molecule has 6 heteroatoms. The zero-order valence-corrected chi connectivity index (χ0v) is 11.2. The third-order valence-electron chi connectivity index (χ3n) is 2.46. The maximum Gasteiger partial charge on any atom is 0.411 e. The quantitative estimate of drug-likeness (QED) is 0.840. The Labute approximate surface area is 105 Å². The van der Waals surface area contributed by atoms with E-state index in [4.69, 9.17) is 9.84 Å².